The molecule has 0 fully saturated rings. The molecule has 0 aromatic rings. The summed E-state index contributed by atoms with van der Waals surface area (Å²) in [5, 5.41) is 9.40. The summed E-state index contributed by atoms with van der Waals surface area (Å²) < 4.78 is 0. The molecule has 0 heterocycles. The highest BCUT2D eigenvalue weighted by Gasteiger charge is 2.03. The number of nitrogens with zero attached hydrogens (tertiary/aromatic N) is 1. The van der Waals surface area contributed by atoms with Crippen molar-refractivity contribution in [1.82, 2.24) is 5.06 Å². The standard InChI is InChI=1S/C10H20NO2/c1-3-4-5-6-7-8-9-10(12)11(2)13/h13H,1,3-9H2,2H3. The Kier molecular flexibility index (Phi) is 7.69. The number of carbonyl (C=O) groups excluding carboxylic acids is 1. The minimum absolute atomic E-state index is 0.197. The third-order valence-electron chi connectivity index (χ3n) is 2.00. The van der Waals surface area contributed by atoms with E-state index < -0.39 is 0 Å². The Labute approximate surface area is 80.7 Å². The lowest BCUT2D eigenvalue weighted by Crippen LogP contribution is -2.21. The van der Waals surface area contributed by atoms with Gasteiger partial charge in [-0.2, -0.15) is 0 Å². The molecule has 1 N–H and O–H groups in total. The average Bonchev–Trinajstić information content (AvgIpc) is 2.10. The summed E-state index contributed by atoms with van der Waals surface area (Å²) in [4.78, 5) is 10.9. The van der Waals surface area contributed by atoms with E-state index in [1.165, 1.54) is 19.9 Å². The molecular formula is C10H20NO2. The zero-order valence-electron chi connectivity index (χ0n) is 8.46. The quantitative estimate of drug-likeness (QED) is 0.377. The van der Waals surface area contributed by atoms with Crippen LogP contribution in [0, 0.1) is 6.92 Å². The highest BCUT2D eigenvalue weighted by Crippen LogP contribution is 2.07. The predicted octanol–water partition coefficient (Wildman–Crippen LogP) is 2.40. The number of carbonyl (C=O) groups is 1. The predicted molar refractivity (Wildman–Crippen MR) is 52.2 cm³/mol. The second kappa shape index (κ2) is 8.05. The Morgan fingerprint density at radius 2 is 1.77 bits per heavy atom. The molecule has 1 amide bonds. The van der Waals surface area contributed by atoms with Gasteiger partial charge in [0.05, 0.1) is 0 Å². The van der Waals surface area contributed by atoms with E-state index in [0.29, 0.717) is 11.5 Å². The molecule has 0 saturated heterocycles. The van der Waals surface area contributed by atoms with Crippen LogP contribution in [0.25, 0.3) is 0 Å². The summed E-state index contributed by atoms with van der Waals surface area (Å²) in [5.41, 5.74) is 0. The zero-order valence-corrected chi connectivity index (χ0v) is 8.46. The van der Waals surface area contributed by atoms with E-state index in [-0.39, 0.29) is 5.91 Å². The molecular weight excluding hydrogens is 166 g/mol. The van der Waals surface area contributed by atoms with Gasteiger partial charge in [-0.15, -0.1) is 0 Å². The van der Waals surface area contributed by atoms with Gasteiger partial charge in [0.15, 0.2) is 0 Å². The van der Waals surface area contributed by atoms with Gasteiger partial charge in [0.1, 0.15) is 0 Å². The average molecular weight is 186 g/mol. The fourth-order valence-corrected chi connectivity index (χ4v) is 1.15. The van der Waals surface area contributed by atoms with Crippen LogP contribution in [-0.2, 0) is 4.79 Å². The molecule has 0 aliphatic heterocycles. The summed E-state index contributed by atoms with van der Waals surface area (Å²) in [6.45, 7) is 3.76. The Morgan fingerprint density at radius 3 is 2.31 bits per heavy atom. The van der Waals surface area contributed by atoms with Crippen molar-refractivity contribution in [2.75, 3.05) is 7.05 Å². The fraction of sp³-hybridized carbons (Fsp3) is 0.800. The first-order valence-corrected chi connectivity index (χ1v) is 4.93. The number of hydrogen-bond acceptors (Lipinski definition) is 2. The molecule has 1 radical (unpaired) electrons. The van der Waals surface area contributed by atoms with Crippen LogP contribution in [0.5, 0.6) is 0 Å². The monoisotopic (exact) mass is 186 g/mol. The molecule has 0 aliphatic carbocycles. The van der Waals surface area contributed by atoms with Gasteiger partial charge in [-0.3, -0.25) is 10.0 Å². The van der Waals surface area contributed by atoms with Crippen molar-refractivity contribution in [3.63, 3.8) is 0 Å². The molecule has 77 valence electrons. The molecule has 13 heavy (non-hydrogen) atoms. The molecule has 0 unspecified atom stereocenters. The van der Waals surface area contributed by atoms with Crippen LogP contribution < -0.4 is 0 Å². The third kappa shape index (κ3) is 7.78. The fourth-order valence-electron chi connectivity index (χ4n) is 1.15. The van der Waals surface area contributed by atoms with Crippen molar-refractivity contribution in [1.29, 1.82) is 0 Å². The maximum Gasteiger partial charge on any atom is 0.245 e. The molecule has 0 bridgehead atoms. The maximum atomic E-state index is 10.9. The van der Waals surface area contributed by atoms with E-state index in [1.807, 2.05) is 0 Å². The summed E-state index contributed by atoms with van der Waals surface area (Å²) in [6.07, 6.45) is 6.94. The number of hydrogen-bond donors (Lipinski definition) is 1. The van der Waals surface area contributed by atoms with Crippen molar-refractivity contribution < 1.29 is 10.0 Å². The second-order valence-corrected chi connectivity index (χ2v) is 3.29. The van der Waals surface area contributed by atoms with E-state index in [9.17, 15) is 4.79 Å². The van der Waals surface area contributed by atoms with Gasteiger partial charge >= 0.3 is 0 Å². The number of amides is 1. The first-order chi connectivity index (χ1) is 6.18. The Hall–Kier alpha value is -0.570. The van der Waals surface area contributed by atoms with Gasteiger partial charge in [0, 0.05) is 13.5 Å². The Morgan fingerprint density at radius 1 is 1.23 bits per heavy atom. The van der Waals surface area contributed by atoms with Crippen molar-refractivity contribution >= 4 is 5.91 Å². The van der Waals surface area contributed by atoms with Gasteiger partial charge < -0.3 is 0 Å². The molecule has 0 saturated carbocycles. The number of unbranched alkanes of at least 4 members (excludes halogenated alkanes) is 5. The van der Waals surface area contributed by atoms with E-state index in [4.69, 9.17) is 5.21 Å². The minimum atomic E-state index is -0.197. The minimum Gasteiger partial charge on any atom is -0.286 e. The van der Waals surface area contributed by atoms with E-state index in [0.717, 1.165) is 25.7 Å². The summed E-state index contributed by atoms with van der Waals surface area (Å²) in [5.74, 6) is -0.197. The lowest BCUT2D eigenvalue weighted by molar-refractivity contribution is -0.159. The largest absolute Gasteiger partial charge is 0.286 e. The smallest absolute Gasteiger partial charge is 0.245 e. The first kappa shape index (κ1) is 12.4. The summed E-state index contributed by atoms with van der Waals surface area (Å²) in [6, 6.07) is 0. The second-order valence-electron chi connectivity index (χ2n) is 3.29. The van der Waals surface area contributed by atoms with E-state index >= 15 is 0 Å². The van der Waals surface area contributed by atoms with Crippen LogP contribution >= 0.6 is 0 Å². The molecule has 3 nitrogen and oxygen atoms in total. The van der Waals surface area contributed by atoms with Gasteiger partial charge in [0.25, 0.3) is 0 Å². The molecule has 0 atom stereocenters. The Balaban J connectivity index is 3.12. The molecule has 0 aromatic heterocycles. The topological polar surface area (TPSA) is 40.5 Å². The maximum absolute atomic E-state index is 10.9. The molecule has 0 spiro atoms. The lowest BCUT2D eigenvalue weighted by atomic mass is 10.1. The highest BCUT2D eigenvalue weighted by molar-refractivity contribution is 5.74. The van der Waals surface area contributed by atoms with Crippen LogP contribution in [-0.4, -0.2) is 23.2 Å². The van der Waals surface area contributed by atoms with Crippen molar-refractivity contribution in [3.8, 4) is 0 Å². The van der Waals surface area contributed by atoms with E-state index in [2.05, 4.69) is 6.92 Å². The zero-order chi connectivity index (χ0) is 10.1. The van der Waals surface area contributed by atoms with Crippen molar-refractivity contribution in [3.05, 3.63) is 6.92 Å². The number of hydroxylamine groups is 2. The SMILES string of the molecule is [CH2]CCCCCCCC(=O)N(C)O. The molecule has 0 rings (SSSR count). The third-order valence-corrected chi connectivity index (χ3v) is 2.00. The van der Waals surface area contributed by atoms with Crippen LogP contribution in [0.2, 0.25) is 0 Å². The normalized spacial score (nSPS) is 10.1. The van der Waals surface area contributed by atoms with E-state index in [1.54, 1.807) is 0 Å². The Bertz CT molecular complexity index is 135. The summed E-state index contributed by atoms with van der Waals surface area (Å²) in [7, 11) is 1.37. The highest BCUT2D eigenvalue weighted by atomic mass is 16.5. The molecule has 3 heteroatoms. The van der Waals surface area contributed by atoms with Crippen LogP contribution in [0.1, 0.15) is 44.9 Å². The van der Waals surface area contributed by atoms with Crippen molar-refractivity contribution in [2.24, 2.45) is 0 Å². The number of rotatable bonds is 7. The van der Waals surface area contributed by atoms with Crippen molar-refractivity contribution in [2.45, 2.75) is 44.9 Å². The van der Waals surface area contributed by atoms with Crippen LogP contribution in [0.15, 0.2) is 0 Å². The van der Waals surface area contributed by atoms with Gasteiger partial charge in [-0.05, 0) is 6.42 Å². The van der Waals surface area contributed by atoms with Crippen LogP contribution in [0.4, 0.5) is 0 Å². The molecule has 0 aromatic carbocycles. The van der Waals surface area contributed by atoms with Gasteiger partial charge in [0.2, 0.25) is 5.91 Å². The van der Waals surface area contributed by atoms with Gasteiger partial charge in [-0.25, -0.2) is 5.06 Å². The summed E-state index contributed by atoms with van der Waals surface area (Å²) >= 11 is 0. The lowest BCUT2D eigenvalue weighted by Gasteiger charge is -2.07. The molecule has 0 aliphatic rings. The van der Waals surface area contributed by atoms with Gasteiger partial charge in [-0.1, -0.05) is 39.0 Å². The first-order valence-electron chi connectivity index (χ1n) is 4.93. The van der Waals surface area contributed by atoms with Crippen LogP contribution in [0.3, 0.4) is 0 Å².